The van der Waals surface area contributed by atoms with E-state index in [1.165, 1.54) is 6.42 Å². The summed E-state index contributed by atoms with van der Waals surface area (Å²) in [5, 5.41) is 5.27. The second-order valence-electron chi connectivity index (χ2n) is 5.64. The molecular weight excluding hydrogens is 244 g/mol. The van der Waals surface area contributed by atoms with Gasteiger partial charge in [0.1, 0.15) is 0 Å². The molecule has 4 N–H and O–H groups in total. The summed E-state index contributed by atoms with van der Waals surface area (Å²) in [4.78, 5) is 25.4. The minimum atomic E-state index is -0.361. The van der Waals surface area contributed by atoms with E-state index < -0.39 is 0 Å². The van der Waals surface area contributed by atoms with Crippen molar-refractivity contribution < 1.29 is 9.59 Å². The lowest BCUT2D eigenvalue weighted by Gasteiger charge is -2.23. The van der Waals surface area contributed by atoms with Crippen molar-refractivity contribution in [3.05, 3.63) is 0 Å². The number of urea groups is 1. The van der Waals surface area contributed by atoms with Gasteiger partial charge in [-0.1, -0.05) is 19.3 Å². The molecule has 1 saturated carbocycles. The van der Waals surface area contributed by atoms with Gasteiger partial charge in [0.2, 0.25) is 5.91 Å². The van der Waals surface area contributed by atoms with Crippen molar-refractivity contribution in [2.75, 3.05) is 19.6 Å². The zero-order chi connectivity index (χ0) is 13.7. The van der Waals surface area contributed by atoms with Gasteiger partial charge in [0.15, 0.2) is 0 Å². The Balaban J connectivity index is 1.65. The number of nitrogens with one attached hydrogen (secondary N) is 2. The fourth-order valence-corrected chi connectivity index (χ4v) is 2.84. The molecule has 2 rings (SSSR count). The Bertz CT molecular complexity index is 312. The molecule has 3 amide bonds. The third kappa shape index (κ3) is 4.80. The van der Waals surface area contributed by atoms with Gasteiger partial charge in [0.25, 0.3) is 0 Å². The molecule has 0 aromatic carbocycles. The quantitative estimate of drug-likeness (QED) is 0.681. The molecule has 2 aliphatic rings. The summed E-state index contributed by atoms with van der Waals surface area (Å²) < 4.78 is 0. The molecule has 0 unspecified atom stereocenters. The SMILES string of the molecule is N[C@H]1CCN(CC(=O)NC(=O)NC2CCCCC2)C1. The van der Waals surface area contributed by atoms with Crippen LogP contribution < -0.4 is 16.4 Å². The third-order valence-corrected chi connectivity index (χ3v) is 3.87. The Kier molecular flexibility index (Phi) is 5.15. The van der Waals surface area contributed by atoms with Crippen molar-refractivity contribution >= 4 is 11.9 Å². The molecule has 0 aromatic heterocycles. The Labute approximate surface area is 114 Å². The average molecular weight is 268 g/mol. The van der Waals surface area contributed by atoms with Gasteiger partial charge in [0, 0.05) is 25.2 Å². The van der Waals surface area contributed by atoms with Crippen LogP contribution in [0.5, 0.6) is 0 Å². The number of amides is 3. The zero-order valence-corrected chi connectivity index (χ0v) is 11.4. The maximum absolute atomic E-state index is 11.7. The largest absolute Gasteiger partial charge is 0.335 e. The van der Waals surface area contributed by atoms with Crippen LogP contribution in [0.15, 0.2) is 0 Å². The Morgan fingerprint density at radius 1 is 1.16 bits per heavy atom. The molecule has 108 valence electrons. The summed E-state index contributed by atoms with van der Waals surface area (Å²) in [5.74, 6) is -0.248. The number of hydrogen-bond acceptors (Lipinski definition) is 4. The molecule has 0 bridgehead atoms. The standard InChI is InChI=1S/C13H24N4O2/c14-10-6-7-17(8-10)9-12(18)16-13(19)15-11-4-2-1-3-5-11/h10-11H,1-9,14H2,(H2,15,16,18,19)/t10-/m0/s1. The highest BCUT2D eigenvalue weighted by molar-refractivity contribution is 5.95. The maximum Gasteiger partial charge on any atom is 0.321 e. The van der Waals surface area contributed by atoms with Gasteiger partial charge < -0.3 is 11.1 Å². The molecule has 1 aliphatic carbocycles. The van der Waals surface area contributed by atoms with Crippen LogP contribution in [-0.2, 0) is 4.79 Å². The van der Waals surface area contributed by atoms with Crippen molar-refractivity contribution in [2.24, 2.45) is 5.73 Å². The lowest BCUT2D eigenvalue weighted by molar-refractivity contribution is -0.120. The number of hydrogen-bond donors (Lipinski definition) is 3. The summed E-state index contributed by atoms with van der Waals surface area (Å²) in [5.41, 5.74) is 5.77. The predicted octanol–water partition coefficient (Wildman–Crippen LogP) is 0.178. The van der Waals surface area contributed by atoms with Gasteiger partial charge in [-0.2, -0.15) is 0 Å². The van der Waals surface area contributed by atoms with Crippen molar-refractivity contribution in [3.63, 3.8) is 0 Å². The van der Waals surface area contributed by atoms with Crippen molar-refractivity contribution in [1.82, 2.24) is 15.5 Å². The van der Waals surface area contributed by atoms with Crippen LogP contribution in [0.1, 0.15) is 38.5 Å². The molecule has 6 nitrogen and oxygen atoms in total. The maximum atomic E-state index is 11.7. The number of rotatable bonds is 3. The third-order valence-electron chi connectivity index (χ3n) is 3.87. The molecule has 0 radical (unpaired) electrons. The van der Waals surface area contributed by atoms with Gasteiger partial charge in [-0.05, 0) is 19.3 Å². The van der Waals surface area contributed by atoms with E-state index in [2.05, 4.69) is 10.6 Å². The van der Waals surface area contributed by atoms with E-state index >= 15 is 0 Å². The minimum Gasteiger partial charge on any atom is -0.335 e. The molecule has 2 fully saturated rings. The number of imide groups is 1. The van der Waals surface area contributed by atoms with E-state index in [-0.39, 0.29) is 30.6 Å². The molecule has 6 heteroatoms. The van der Waals surface area contributed by atoms with Crippen LogP contribution in [0.4, 0.5) is 4.79 Å². The first-order chi connectivity index (χ1) is 9.13. The first kappa shape index (κ1) is 14.3. The van der Waals surface area contributed by atoms with E-state index in [0.717, 1.165) is 45.2 Å². The first-order valence-electron chi connectivity index (χ1n) is 7.22. The Morgan fingerprint density at radius 2 is 1.89 bits per heavy atom. The van der Waals surface area contributed by atoms with E-state index in [4.69, 9.17) is 5.73 Å². The Morgan fingerprint density at radius 3 is 2.53 bits per heavy atom. The summed E-state index contributed by atoms with van der Waals surface area (Å²) in [6.45, 7) is 1.82. The van der Waals surface area contributed by atoms with Gasteiger partial charge in [-0.3, -0.25) is 15.0 Å². The average Bonchev–Trinajstić information content (AvgIpc) is 2.75. The minimum absolute atomic E-state index is 0.156. The lowest BCUT2D eigenvalue weighted by Crippen LogP contribution is -2.48. The molecule has 19 heavy (non-hydrogen) atoms. The predicted molar refractivity (Wildman–Crippen MR) is 72.6 cm³/mol. The zero-order valence-electron chi connectivity index (χ0n) is 11.4. The molecular formula is C13H24N4O2. The van der Waals surface area contributed by atoms with Gasteiger partial charge in [0.05, 0.1) is 6.54 Å². The van der Waals surface area contributed by atoms with Crippen molar-refractivity contribution in [3.8, 4) is 0 Å². The van der Waals surface area contributed by atoms with Gasteiger partial charge >= 0.3 is 6.03 Å². The van der Waals surface area contributed by atoms with Crippen LogP contribution in [0.2, 0.25) is 0 Å². The highest BCUT2D eigenvalue weighted by Gasteiger charge is 2.22. The molecule has 1 atom stereocenters. The van der Waals surface area contributed by atoms with Crippen LogP contribution in [0.25, 0.3) is 0 Å². The Hall–Kier alpha value is -1.14. The van der Waals surface area contributed by atoms with Crippen LogP contribution in [-0.4, -0.2) is 48.6 Å². The molecule has 1 heterocycles. The number of nitrogens with zero attached hydrogens (tertiary/aromatic N) is 1. The monoisotopic (exact) mass is 268 g/mol. The molecule has 1 saturated heterocycles. The fraction of sp³-hybridized carbons (Fsp3) is 0.846. The number of nitrogens with two attached hydrogens (primary N) is 1. The second kappa shape index (κ2) is 6.86. The van der Waals surface area contributed by atoms with Crippen molar-refractivity contribution in [2.45, 2.75) is 50.6 Å². The summed E-state index contributed by atoms with van der Waals surface area (Å²) in [6.07, 6.45) is 6.51. The summed E-state index contributed by atoms with van der Waals surface area (Å²) in [7, 11) is 0. The van der Waals surface area contributed by atoms with E-state index in [9.17, 15) is 9.59 Å². The lowest BCUT2D eigenvalue weighted by atomic mass is 9.96. The van der Waals surface area contributed by atoms with E-state index in [1.807, 2.05) is 4.90 Å². The normalized spacial score (nSPS) is 25.2. The molecule has 0 spiro atoms. The van der Waals surface area contributed by atoms with Crippen LogP contribution in [0, 0.1) is 0 Å². The van der Waals surface area contributed by atoms with Gasteiger partial charge in [-0.25, -0.2) is 4.79 Å². The van der Waals surface area contributed by atoms with Crippen LogP contribution >= 0.6 is 0 Å². The first-order valence-corrected chi connectivity index (χ1v) is 7.22. The highest BCUT2D eigenvalue weighted by Crippen LogP contribution is 2.17. The van der Waals surface area contributed by atoms with Crippen LogP contribution in [0.3, 0.4) is 0 Å². The summed E-state index contributed by atoms with van der Waals surface area (Å²) >= 11 is 0. The second-order valence-corrected chi connectivity index (χ2v) is 5.64. The molecule has 1 aliphatic heterocycles. The topological polar surface area (TPSA) is 87.5 Å². The number of likely N-dealkylation sites (tertiary alicyclic amines) is 1. The fourth-order valence-electron chi connectivity index (χ4n) is 2.84. The summed E-state index contributed by atoms with van der Waals surface area (Å²) in [6, 6.07) is 0.0195. The smallest absolute Gasteiger partial charge is 0.321 e. The van der Waals surface area contributed by atoms with Gasteiger partial charge in [-0.15, -0.1) is 0 Å². The van der Waals surface area contributed by atoms with E-state index in [1.54, 1.807) is 0 Å². The number of carbonyl (C=O) groups is 2. The van der Waals surface area contributed by atoms with Crippen molar-refractivity contribution in [1.29, 1.82) is 0 Å². The molecule has 0 aromatic rings. The highest BCUT2D eigenvalue weighted by atomic mass is 16.2. The number of carbonyl (C=O) groups excluding carboxylic acids is 2. The van der Waals surface area contributed by atoms with E-state index in [0.29, 0.717) is 0 Å².